The average Bonchev–Trinajstić information content (AvgIpc) is 3.30. The molecule has 0 aliphatic carbocycles. The number of rotatable bonds is 4. The van der Waals surface area contributed by atoms with E-state index in [4.69, 9.17) is 20.8 Å². The number of halogens is 1. The molecular formula is C22H14ClNO5. The minimum atomic E-state index is -0.552. The van der Waals surface area contributed by atoms with Gasteiger partial charge in [0.1, 0.15) is 22.3 Å². The number of nitro benzene ring substituents is 1. The van der Waals surface area contributed by atoms with Crippen molar-refractivity contribution >= 4 is 35.1 Å². The lowest BCUT2D eigenvalue weighted by Crippen LogP contribution is -1.96. The van der Waals surface area contributed by atoms with E-state index in [1.54, 1.807) is 30.4 Å². The summed E-state index contributed by atoms with van der Waals surface area (Å²) in [6, 6.07) is 15.4. The highest BCUT2D eigenvalue weighted by molar-refractivity contribution is 6.32. The molecule has 1 aromatic heterocycles. The summed E-state index contributed by atoms with van der Waals surface area (Å²) in [5.74, 6) is 0.846. The van der Waals surface area contributed by atoms with Gasteiger partial charge in [0.25, 0.3) is 5.69 Å². The topological polar surface area (TPSA) is 82.6 Å². The maximum absolute atomic E-state index is 12.2. The molecule has 0 radical (unpaired) electrons. The van der Waals surface area contributed by atoms with Crippen molar-refractivity contribution in [1.82, 2.24) is 0 Å². The molecule has 1 aliphatic heterocycles. The number of cyclic esters (lactones) is 1. The molecule has 0 saturated carbocycles. The van der Waals surface area contributed by atoms with Gasteiger partial charge >= 0.3 is 5.97 Å². The van der Waals surface area contributed by atoms with E-state index in [2.05, 4.69) is 0 Å². The molecule has 3 aromatic rings. The largest absolute Gasteiger partial charge is 0.457 e. The summed E-state index contributed by atoms with van der Waals surface area (Å²) in [5, 5.41) is 11.1. The van der Waals surface area contributed by atoms with Crippen LogP contribution in [0.1, 0.15) is 16.9 Å². The normalized spacial score (nSPS) is 14.8. The number of aryl methyl sites for hydroxylation is 1. The quantitative estimate of drug-likeness (QED) is 0.236. The molecule has 6 nitrogen and oxygen atoms in total. The van der Waals surface area contributed by atoms with Crippen LogP contribution >= 0.6 is 11.6 Å². The fraction of sp³-hybridized carbons (Fsp3) is 0.0455. The number of esters is 1. The Hall–Kier alpha value is -3.64. The van der Waals surface area contributed by atoms with E-state index in [-0.39, 0.29) is 10.7 Å². The fourth-order valence-corrected chi connectivity index (χ4v) is 3.08. The molecular weight excluding hydrogens is 394 g/mol. The Balaban J connectivity index is 1.62. The molecule has 0 N–H and O–H groups in total. The molecule has 2 aromatic carbocycles. The number of nitro groups is 1. The Labute approximate surface area is 170 Å². The van der Waals surface area contributed by atoms with Crippen molar-refractivity contribution in [1.29, 1.82) is 0 Å². The van der Waals surface area contributed by atoms with Gasteiger partial charge in [-0.2, -0.15) is 0 Å². The van der Waals surface area contributed by atoms with Crippen LogP contribution in [0.2, 0.25) is 5.02 Å². The summed E-state index contributed by atoms with van der Waals surface area (Å²) in [6.45, 7) is 1.98. The highest BCUT2D eigenvalue weighted by Gasteiger charge is 2.22. The Kier molecular flexibility index (Phi) is 4.78. The molecule has 0 spiro atoms. The Bertz CT molecular complexity index is 1190. The zero-order chi connectivity index (χ0) is 20.5. The van der Waals surface area contributed by atoms with Gasteiger partial charge in [-0.25, -0.2) is 4.79 Å². The summed E-state index contributed by atoms with van der Waals surface area (Å²) in [6.07, 6.45) is 3.22. The van der Waals surface area contributed by atoms with E-state index in [0.717, 1.165) is 11.1 Å². The third-order valence-corrected chi connectivity index (χ3v) is 4.73. The van der Waals surface area contributed by atoms with Crippen LogP contribution in [-0.4, -0.2) is 10.9 Å². The molecule has 0 atom stereocenters. The Morgan fingerprint density at radius 2 is 1.76 bits per heavy atom. The lowest BCUT2D eigenvalue weighted by molar-refractivity contribution is -0.384. The molecule has 144 valence electrons. The maximum atomic E-state index is 12.2. The summed E-state index contributed by atoms with van der Waals surface area (Å²) in [4.78, 5) is 22.7. The first kappa shape index (κ1) is 18.7. The van der Waals surface area contributed by atoms with Gasteiger partial charge < -0.3 is 9.15 Å². The molecule has 0 saturated heterocycles. The second-order valence-corrected chi connectivity index (χ2v) is 6.90. The van der Waals surface area contributed by atoms with Gasteiger partial charge in [0, 0.05) is 17.2 Å². The SMILES string of the molecule is Cc1ccc(C2=CC(=Cc3ccc(-c4ccc(Cl)c([N+](=O)[O-])c4)o3)C(=O)O2)cc1. The number of carbonyl (C=O) groups excluding carboxylic acids is 1. The van der Waals surface area contributed by atoms with Crippen molar-refractivity contribution in [2.45, 2.75) is 6.92 Å². The number of hydrogen-bond acceptors (Lipinski definition) is 5. The summed E-state index contributed by atoms with van der Waals surface area (Å²) < 4.78 is 11.1. The van der Waals surface area contributed by atoms with Crippen LogP contribution in [0.3, 0.4) is 0 Å². The molecule has 0 bridgehead atoms. The minimum absolute atomic E-state index is 0.0510. The van der Waals surface area contributed by atoms with Crippen LogP contribution in [0.5, 0.6) is 0 Å². The van der Waals surface area contributed by atoms with Gasteiger partial charge in [-0.05, 0) is 43.3 Å². The molecule has 1 aliphatic rings. The van der Waals surface area contributed by atoms with Crippen LogP contribution in [0.25, 0.3) is 23.2 Å². The van der Waals surface area contributed by atoms with Crippen molar-refractivity contribution < 1.29 is 18.9 Å². The predicted molar refractivity (Wildman–Crippen MR) is 109 cm³/mol. The van der Waals surface area contributed by atoms with Crippen molar-refractivity contribution in [2.75, 3.05) is 0 Å². The third-order valence-electron chi connectivity index (χ3n) is 4.41. The Morgan fingerprint density at radius 1 is 1.03 bits per heavy atom. The van der Waals surface area contributed by atoms with Crippen molar-refractivity contribution in [3.8, 4) is 11.3 Å². The van der Waals surface area contributed by atoms with E-state index in [1.807, 2.05) is 31.2 Å². The van der Waals surface area contributed by atoms with Gasteiger partial charge in [0.15, 0.2) is 0 Å². The average molecular weight is 408 g/mol. The van der Waals surface area contributed by atoms with Crippen LogP contribution in [0.15, 0.2) is 70.7 Å². The predicted octanol–water partition coefficient (Wildman–Crippen LogP) is 5.80. The van der Waals surface area contributed by atoms with Gasteiger partial charge in [-0.3, -0.25) is 10.1 Å². The summed E-state index contributed by atoms with van der Waals surface area (Å²) in [7, 11) is 0. The van der Waals surface area contributed by atoms with E-state index in [9.17, 15) is 14.9 Å². The highest BCUT2D eigenvalue weighted by Crippen LogP contribution is 2.32. The lowest BCUT2D eigenvalue weighted by atomic mass is 10.1. The highest BCUT2D eigenvalue weighted by atomic mass is 35.5. The van der Waals surface area contributed by atoms with E-state index in [1.165, 1.54) is 12.1 Å². The van der Waals surface area contributed by atoms with E-state index in [0.29, 0.717) is 28.4 Å². The monoisotopic (exact) mass is 407 g/mol. The Morgan fingerprint density at radius 3 is 2.48 bits per heavy atom. The first-order valence-electron chi connectivity index (χ1n) is 8.67. The number of carbonyl (C=O) groups is 1. The van der Waals surface area contributed by atoms with E-state index < -0.39 is 10.9 Å². The fourth-order valence-electron chi connectivity index (χ4n) is 2.89. The van der Waals surface area contributed by atoms with Crippen LogP contribution in [0.4, 0.5) is 5.69 Å². The first-order valence-corrected chi connectivity index (χ1v) is 9.05. The zero-order valence-electron chi connectivity index (χ0n) is 15.2. The van der Waals surface area contributed by atoms with Gasteiger partial charge in [-0.1, -0.05) is 41.4 Å². The third kappa shape index (κ3) is 3.83. The van der Waals surface area contributed by atoms with Gasteiger partial charge in [0.2, 0.25) is 0 Å². The van der Waals surface area contributed by atoms with Crippen LogP contribution < -0.4 is 0 Å². The standard InChI is InChI=1S/C22H14ClNO5/c1-13-2-4-14(5-3-13)21-12-16(22(25)29-21)10-17-7-9-20(28-17)15-6-8-18(23)19(11-15)24(26)27/h2-12H,1H3. The number of nitrogens with zero attached hydrogens (tertiary/aromatic N) is 1. The van der Waals surface area contributed by atoms with Crippen molar-refractivity contribution in [3.63, 3.8) is 0 Å². The smallest absolute Gasteiger partial charge is 0.343 e. The zero-order valence-corrected chi connectivity index (χ0v) is 16.0. The first-order chi connectivity index (χ1) is 13.9. The lowest BCUT2D eigenvalue weighted by Gasteiger charge is -2.01. The minimum Gasteiger partial charge on any atom is -0.457 e. The molecule has 2 heterocycles. The van der Waals surface area contributed by atoms with Crippen molar-refractivity contribution in [3.05, 3.63) is 98.3 Å². The number of benzene rings is 2. The van der Waals surface area contributed by atoms with Gasteiger partial charge in [0.05, 0.1) is 10.5 Å². The second kappa shape index (κ2) is 7.41. The number of ether oxygens (including phenoxy) is 1. The molecule has 0 unspecified atom stereocenters. The number of hydrogen-bond donors (Lipinski definition) is 0. The molecule has 0 amide bonds. The van der Waals surface area contributed by atoms with Crippen LogP contribution in [0, 0.1) is 17.0 Å². The molecule has 0 fully saturated rings. The maximum Gasteiger partial charge on any atom is 0.343 e. The van der Waals surface area contributed by atoms with Crippen molar-refractivity contribution in [2.24, 2.45) is 0 Å². The second-order valence-electron chi connectivity index (χ2n) is 6.49. The number of furan rings is 1. The molecule has 7 heteroatoms. The van der Waals surface area contributed by atoms with Crippen LogP contribution in [-0.2, 0) is 9.53 Å². The molecule has 4 rings (SSSR count). The van der Waals surface area contributed by atoms with Gasteiger partial charge in [-0.15, -0.1) is 0 Å². The van der Waals surface area contributed by atoms with E-state index >= 15 is 0 Å². The summed E-state index contributed by atoms with van der Waals surface area (Å²) in [5.41, 5.74) is 2.57. The molecule has 29 heavy (non-hydrogen) atoms. The summed E-state index contributed by atoms with van der Waals surface area (Å²) >= 11 is 5.85.